The molecule has 1 fully saturated rings. The molecule has 36 heavy (non-hydrogen) atoms. The minimum Gasteiger partial charge on any atom is -0.294 e. The molecule has 1 aliphatic rings. The molecule has 2 aromatic carbocycles. The molecule has 2 nitrogen and oxygen atoms in total. The summed E-state index contributed by atoms with van der Waals surface area (Å²) in [5.41, 5.74) is 1.53. The van der Waals surface area contributed by atoms with Crippen molar-refractivity contribution in [1.29, 1.82) is 0 Å². The first kappa shape index (κ1) is 27.5. The molecule has 1 atom stereocenters. The molecular formula is C26H17BrCl4F3NO. The summed E-state index contributed by atoms with van der Waals surface area (Å²) in [7, 11) is 0. The van der Waals surface area contributed by atoms with Gasteiger partial charge in [-0.3, -0.25) is 4.79 Å². The Kier molecular flexibility index (Phi) is 8.13. The molecule has 4 rings (SSSR count). The number of nitrogens with zero attached hydrogens (tertiary/aromatic N) is 1. The van der Waals surface area contributed by atoms with Crippen LogP contribution in [0.5, 0.6) is 0 Å². The fourth-order valence-corrected chi connectivity index (χ4v) is 5.39. The van der Waals surface area contributed by atoms with Crippen LogP contribution < -0.4 is 0 Å². The molecule has 188 valence electrons. The lowest BCUT2D eigenvalue weighted by Gasteiger charge is -2.18. The molecule has 1 saturated carbocycles. The second-order valence-corrected chi connectivity index (χ2v) is 11.1. The summed E-state index contributed by atoms with van der Waals surface area (Å²) in [6, 6.07) is 10.7. The van der Waals surface area contributed by atoms with Gasteiger partial charge in [0, 0.05) is 28.1 Å². The van der Waals surface area contributed by atoms with Gasteiger partial charge in [-0.25, -0.2) is 4.98 Å². The Morgan fingerprint density at radius 3 is 2.25 bits per heavy atom. The summed E-state index contributed by atoms with van der Waals surface area (Å²) in [5.74, 6) is -2.02. The topological polar surface area (TPSA) is 30.0 Å². The number of alkyl halides is 3. The van der Waals surface area contributed by atoms with E-state index in [1.165, 1.54) is 6.08 Å². The maximum absolute atomic E-state index is 13.8. The van der Waals surface area contributed by atoms with E-state index < -0.39 is 12.1 Å². The predicted molar refractivity (Wildman–Crippen MR) is 143 cm³/mol. The minimum absolute atomic E-state index is 0.00326. The van der Waals surface area contributed by atoms with Crippen molar-refractivity contribution in [1.82, 2.24) is 4.98 Å². The molecule has 0 saturated heterocycles. The van der Waals surface area contributed by atoms with Gasteiger partial charge in [0.05, 0.1) is 21.0 Å². The van der Waals surface area contributed by atoms with E-state index in [1.807, 2.05) is 6.07 Å². The molecule has 0 spiro atoms. The Balaban J connectivity index is 1.54. The Morgan fingerprint density at radius 1 is 1.06 bits per heavy atom. The Bertz CT molecular complexity index is 1320. The number of carbonyl (C=O) groups excluding carboxylic acids is 1. The zero-order valence-electron chi connectivity index (χ0n) is 18.4. The normalized spacial score (nSPS) is 15.8. The van der Waals surface area contributed by atoms with Crippen molar-refractivity contribution in [2.45, 2.75) is 36.8 Å². The van der Waals surface area contributed by atoms with Crippen molar-refractivity contribution in [3.63, 3.8) is 0 Å². The highest BCUT2D eigenvalue weighted by Crippen LogP contribution is 2.51. The number of allylic oxidation sites excluding steroid dienone is 1. The van der Waals surface area contributed by atoms with E-state index in [9.17, 15) is 18.0 Å². The number of pyridine rings is 1. The van der Waals surface area contributed by atoms with Crippen LogP contribution >= 0.6 is 62.3 Å². The first-order valence-corrected chi connectivity index (χ1v) is 13.0. The van der Waals surface area contributed by atoms with Gasteiger partial charge in [-0.05, 0) is 59.9 Å². The number of rotatable bonds is 7. The molecule has 0 amide bonds. The first-order valence-electron chi connectivity index (χ1n) is 10.7. The summed E-state index contributed by atoms with van der Waals surface area (Å²) < 4.78 is 41.9. The minimum atomic E-state index is -4.58. The number of carbonyl (C=O) groups is 1. The van der Waals surface area contributed by atoms with Gasteiger partial charge in [0.25, 0.3) is 0 Å². The molecular weight excluding hydrogens is 621 g/mol. The van der Waals surface area contributed by atoms with Crippen LogP contribution in [0.1, 0.15) is 52.2 Å². The second kappa shape index (κ2) is 10.7. The third-order valence-corrected chi connectivity index (χ3v) is 8.26. The zero-order chi connectivity index (χ0) is 26.3. The van der Waals surface area contributed by atoms with Crippen LogP contribution in [0.3, 0.4) is 0 Å². The van der Waals surface area contributed by atoms with E-state index in [0.717, 1.165) is 36.6 Å². The molecule has 0 aliphatic heterocycles. The standard InChI is InChI=1S/C26H17BrCl4F3NO/c27-19-9-14(2-5-18(26(32,33)34)15-10-20(28)24(31)21(29)11-15)1-4-17(19)22(36)12-25(7-8-25)16-3-6-23(30)35-13-16/h1-6,9-11,13,18H,7-8,12H2/b5-2+. The quantitative estimate of drug-likeness (QED) is 0.147. The highest BCUT2D eigenvalue weighted by Gasteiger charge is 2.46. The van der Waals surface area contributed by atoms with Crippen LogP contribution in [0.25, 0.3) is 6.08 Å². The van der Waals surface area contributed by atoms with Crippen molar-refractivity contribution in [2.24, 2.45) is 0 Å². The van der Waals surface area contributed by atoms with Crippen LogP contribution in [-0.4, -0.2) is 16.9 Å². The summed E-state index contributed by atoms with van der Waals surface area (Å²) in [6.45, 7) is 0. The van der Waals surface area contributed by atoms with Crippen LogP contribution in [0.15, 0.2) is 59.2 Å². The molecule has 1 aliphatic carbocycles. The molecule has 1 heterocycles. The fourth-order valence-electron chi connectivity index (χ4n) is 4.04. The third-order valence-electron chi connectivity index (χ3n) is 6.18. The van der Waals surface area contributed by atoms with Crippen molar-refractivity contribution in [3.05, 3.63) is 102 Å². The van der Waals surface area contributed by atoms with E-state index in [1.54, 1.807) is 30.5 Å². The highest BCUT2D eigenvalue weighted by molar-refractivity contribution is 9.10. The highest BCUT2D eigenvalue weighted by atomic mass is 79.9. The maximum atomic E-state index is 13.8. The maximum Gasteiger partial charge on any atom is 0.399 e. The van der Waals surface area contributed by atoms with Crippen LogP contribution in [-0.2, 0) is 5.41 Å². The van der Waals surface area contributed by atoms with Crippen LogP contribution in [0.4, 0.5) is 13.2 Å². The van der Waals surface area contributed by atoms with Crippen molar-refractivity contribution in [2.75, 3.05) is 0 Å². The van der Waals surface area contributed by atoms with Gasteiger partial charge in [0.15, 0.2) is 5.78 Å². The van der Waals surface area contributed by atoms with Gasteiger partial charge in [-0.15, -0.1) is 0 Å². The lowest BCUT2D eigenvalue weighted by atomic mass is 9.89. The van der Waals surface area contributed by atoms with Gasteiger partial charge in [0.2, 0.25) is 0 Å². The van der Waals surface area contributed by atoms with E-state index in [-0.39, 0.29) is 31.8 Å². The average Bonchev–Trinajstić information content (AvgIpc) is 3.57. The Labute approximate surface area is 234 Å². The lowest BCUT2D eigenvalue weighted by Crippen LogP contribution is -2.19. The van der Waals surface area contributed by atoms with Gasteiger partial charge in [-0.2, -0.15) is 13.2 Å². The number of benzene rings is 2. The number of aromatic nitrogens is 1. The van der Waals surface area contributed by atoms with E-state index >= 15 is 0 Å². The lowest BCUT2D eigenvalue weighted by molar-refractivity contribution is -0.139. The molecule has 1 aromatic heterocycles. The first-order chi connectivity index (χ1) is 16.9. The van der Waals surface area contributed by atoms with Crippen molar-refractivity contribution in [3.8, 4) is 0 Å². The summed E-state index contributed by atoms with van der Waals surface area (Å²) in [4.78, 5) is 17.2. The molecule has 10 heteroatoms. The average molecular weight is 638 g/mol. The molecule has 1 unspecified atom stereocenters. The smallest absolute Gasteiger partial charge is 0.294 e. The molecule has 3 aromatic rings. The zero-order valence-corrected chi connectivity index (χ0v) is 23.0. The largest absolute Gasteiger partial charge is 0.399 e. The van der Waals surface area contributed by atoms with Crippen LogP contribution in [0, 0.1) is 0 Å². The van der Waals surface area contributed by atoms with Gasteiger partial charge in [-0.1, -0.05) is 86.6 Å². The predicted octanol–water partition coefficient (Wildman–Crippen LogP) is 10.1. The monoisotopic (exact) mass is 635 g/mol. The summed E-state index contributed by atoms with van der Waals surface area (Å²) >= 11 is 27.0. The fraction of sp³-hybridized carbons (Fsp3) is 0.231. The van der Waals surface area contributed by atoms with Gasteiger partial charge < -0.3 is 0 Å². The van der Waals surface area contributed by atoms with E-state index in [4.69, 9.17) is 46.4 Å². The number of hydrogen-bond acceptors (Lipinski definition) is 2. The van der Waals surface area contributed by atoms with Crippen LogP contribution in [0.2, 0.25) is 20.2 Å². The van der Waals surface area contributed by atoms with Gasteiger partial charge in [0.1, 0.15) is 5.15 Å². The number of Topliss-reactive ketones (excluding diaryl/α,β-unsaturated/α-hetero) is 1. The van der Waals surface area contributed by atoms with E-state index in [0.29, 0.717) is 27.2 Å². The summed E-state index contributed by atoms with van der Waals surface area (Å²) in [5, 5.41) is 0.268. The Morgan fingerprint density at radius 2 is 1.72 bits per heavy atom. The molecule has 0 radical (unpaired) electrons. The summed E-state index contributed by atoms with van der Waals surface area (Å²) in [6.07, 6.45) is 1.53. The number of hydrogen-bond donors (Lipinski definition) is 0. The third kappa shape index (κ3) is 6.11. The van der Waals surface area contributed by atoms with Crippen molar-refractivity contribution >= 4 is 74.2 Å². The molecule has 0 bridgehead atoms. The Hall–Kier alpha value is -1.57. The molecule has 0 N–H and O–H groups in total. The van der Waals surface area contributed by atoms with Crippen molar-refractivity contribution < 1.29 is 18.0 Å². The second-order valence-electron chi connectivity index (χ2n) is 8.67. The number of ketones is 1. The number of halogens is 8. The van der Waals surface area contributed by atoms with E-state index in [2.05, 4.69) is 20.9 Å². The van der Waals surface area contributed by atoms with Gasteiger partial charge >= 0.3 is 6.18 Å². The SMILES string of the molecule is O=C(CC1(c2ccc(Cl)nc2)CC1)c1ccc(/C=C/C(c2cc(Cl)c(Cl)c(Cl)c2)C(F)(F)F)cc1Br.